The summed E-state index contributed by atoms with van der Waals surface area (Å²) < 4.78 is 9.98. The summed E-state index contributed by atoms with van der Waals surface area (Å²) in [6, 6.07) is 0. The zero-order chi connectivity index (χ0) is 13.0. The molecule has 0 aromatic carbocycles. The van der Waals surface area contributed by atoms with Gasteiger partial charge >= 0.3 is 0 Å². The molecule has 1 aliphatic heterocycles. The van der Waals surface area contributed by atoms with Gasteiger partial charge in [-0.15, -0.1) is 0 Å². The SMILES string of the molecule is COCC(O)Cc1nc(N2CCN(C)CC2)no1. The van der Waals surface area contributed by atoms with Crippen LogP contribution >= 0.6 is 0 Å². The number of hydrogen-bond donors (Lipinski definition) is 1. The first-order chi connectivity index (χ1) is 8.69. The van der Waals surface area contributed by atoms with Crippen LogP contribution in [0.2, 0.25) is 0 Å². The van der Waals surface area contributed by atoms with Gasteiger partial charge in [-0.05, 0) is 12.2 Å². The normalized spacial score (nSPS) is 19.2. The molecule has 0 bridgehead atoms. The number of likely N-dealkylation sites (N-methyl/N-ethyl adjacent to an activating group) is 1. The van der Waals surface area contributed by atoms with Crippen molar-refractivity contribution in [2.75, 3.05) is 51.8 Å². The predicted octanol–water partition coefficient (Wildman–Crippen LogP) is -0.629. The number of anilines is 1. The maximum absolute atomic E-state index is 9.58. The van der Waals surface area contributed by atoms with Crippen molar-refractivity contribution in [3.05, 3.63) is 5.89 Å². The molecular formula is C11H20N4O3. The van der Waals surface area contributed by atoms with Gasteiger partial charge in [0.15, 0.2) is 0 Å². The number of piperazine rings is 1. The van der Waals surface area contributed by atoms with Crippen molar-refractivity contribution in [2.24, 2.45) is 0 Å². The Morgan fingerprint density at radius 1 is 1.39 bits per heavy atom. The molecule has 1 N–H and O–H groups in total. The van der Waals surface area contributed by atoms with E-state index in [1.807, 2.05) is 0 Å². The van der Waals surface area contributed by atoms with Crippen LogP contribution in [-0.4, -0.2) is 73.2 Å². The first-order valence-corrected chi connectivity index (χ1v) is 6.12. The summed E-state index contributed by atoms with van der Waals surface area (Å²) in [7, 11) is 3.65. The van der Waals surface area contributed by atoms with E-state index in [1.165, 1.54) is 0 Å². The van der Waals surface area contributed by atoms with Crippen LogP contribution in [0, 0.1) is 0 Å². The van der Waals surface area contributed by atoms with Gasteiger partial charge in [0, 0.05) is 33.3 Å². The van der Waals surface area contributed by atoms with Crippen molar-refractivity contribution in [3.63, 3.8) is 0 Å². The monoisotopic (exact) mass is 256 g/mol. The molecule has 1 aromatic heterocycles. The maximum Gasteiger partial charge on any atom is 0.266 e. The van der Waals surface area contributed by atoms with E-state index in [1.54, 1.807) is 7.11 Å². The molecule has 0 saturated carbocycles. The topological polar surface area (TPSA) is 74.9 Å². The van der Waals surface area contributed by atoms with Crippen LogP contribution in [-0.2, 0) is 11.2 Å². The molecule has 1 unspecified atom stereocenters. The largest absolute Gasteiger partial charge is 0.390 e. The quantitative estimate of drug-likeness (QED) is 0.752. The zero-order valence-corrected chi connectivity index (χ0v) is 10.9. The second kappa shape index (κ2) is 6.12. The third-order valence-corrected chi connectivity index (χ3v) is 3.01. The predicted molar refractivity (Wildman–Crippen MR) is 65.6 cm³/mol. The molecule has 7 nitrogen and oxygen atoms in total. The number of aliphatic hydroxyl groups excluding tert-OH is 1. The van der Waals surface area contributed by atoms with E-state index >= 15 is 0 Å². The average molecular weight is 256 g/mol. The van der Waals surface area contributed by atoms with Crippen molar-refractivity contribution in [2.45, 2.75) is 12.5 Å². The first-order valence-electron chi connectivity index (χ1n) is 6.12. The van der Waals surface area contributed by atoms with E-state index in [2.05, 4.69) is 27.0 Å². The first kappa shape index (κ1) is 13.3. The molecular weight excluding hydrogens is 236 g/mol. The molecule has 18 heavy (non-hydrogen) atoms. The van der Waals surface area contributed by atoms with E-state index in [-0.39, 0.29) is 6.61 Å². The Labute approximate surface area is 106 Å². The average Bonchev–Trinajstić information content (AvgIpc) is 2.78. The smallest absolute Gasteiger partial charge is 0.266 e. The fourth-order valence-corrected chi connectivity index (χ4v) is 1.92. The second-order valence-corrected chi connectivity index (χ2v) is 4.59. The number of aliphatic hydroxyl groups is 1. The lowest BCUT2D eigenvalue weighted by Crippen LogP contribution is -2.44. The van der Waals surface area contributed by atoms with Crippen LogP contribution < -0.4 is 4.90 Å². The van der Waals surface area contributed by atoms with E-state index in [0.717, 1.165) is 26.2 Å². The molecule has 0 spiro atoms. The standard InChI is InChI=1S/C11H20N4O3/c1-14-3-5-15(6-4-14)11-12-10(18-13-11)7-9(16)8-17-2/h9,16H,3-8H2,1-2H3. The minimum absolute atomic E-state index is 0.270. The number of ether oxygens (including phenoxy) is 1. The summed E-state index contributed by atoms with van der Waals surface area (Å²) in [6.07, 6.45) is -0.273. The van der Waals surface area contributed by atoms with Gasteiger partial charge in [-0.3, -0.25) is 0 Å². The summed E-state index contributed by atoms with van der Waals surface area (Å²) in [4.78, 5) is 8.65. The number of aromatic nitrogens is 2. The Bertz CT molecular complexity index is 363. The molecule has 7 heteroatoms. The Kier molecular flexibility index (Phi) is 4.51. The molecule has 1 saturated heterocycles. The van der Waals surface area contributed by atoms with Gasteiger partial charge in [-0.1, -0.05) is 0 Å². The zero-order valence-electron chi connectivity index (χ0n) is 10.9. The lowest BCUT2D eigenvalue weighted by Gasteiger charge is -2.31. The summed E-state index contributed by atoms with van der Waals surface area (Å²) in [6.45, 7) is 4.06. The van der Waals surface area contributed by atoms with Gasteiger partial charge in [0.2, 0.25) is 5.89 Å². The van der Waals surface area contributed by atoms with Crippen LogP contribution in [0.15, 0.2) is 4.52 Å². The summed E-state index contributed by atoms with van der Waals surface area (Å²) in [5, 5.41) is 13.5. The molecule has 2 heterocycles. The highest BCUT2D eigenvalue weighted by molar-refractivity contribution is 5.28. The van der Waals surface area contributed by atoms with Crippen molar-refractivity contribution >= 4 is 5.95 Å². The Morgan fingerprint density at radius 3 is 2.78 bits per heavy atom. The second-order valence-electron chi connectivity index (χ2n) is 4.59. The highest BCUT2D eigenvalue weighted by Crippen LogP contribution is 2.12. The van der Waals surface area contributed by atoms with Crippen LogP contribution in [0.25, 0.3) is 0 Å². The number of nitrogens with zero attached hydrogens (tertiary/aromatic N) is 4. The third-order valence-electron chi connectivity index (χ3n) is 3.01. The Balaban J connectivity index is 1.89. The van der Waals surface area contributed by atoms with Crippen LogP contribution in [0.5, 0.6) is 0 Å². The van der Waals surface area contributed by atoms with Gasteiger partial charge < -0.3 is 24.2 Å². The minimum Gasteiger partial charge on any atom is -0.390 e. The molecule has 2 rings (SSSR count). The fraction of sp³-hybridized carbons (Fsp3) is 0.818. The lowest BCUT2D eigenvalue weighted by molar-refractivity contribution is 0.0599. The molecule has 0 radical (unpaired) electrons. The molecule has 102 valence electrons. The van der Waals surface area contributed by atoms with Crippen molar-refractivity contribution in [3.8, 4) is 0 Å². The highest BCUT2D eigenvalue weighted by Gasteiger charge is 2.20. The van der Waals surface area contributed by atoms with E-state index in [0.29, 0.717) is 18.3 Å². The van der Waals surface area contributed by atoms with Crippen molar-refractivity contribution in [1.29, 1.82) is 0 Å². The van der Waals surface area contributed by atoms with E-state index in [9.17, 15) is 5.11 Å². The third kappa shape index (κ3) is 3.41. The van der Waals surface area contributed by atoms with Gasteiger partial charge in [-0.25, -0.2) is 0 Å². The Morgan fingerprint density at radius 2 is 2.11 bits per heavy atom. The van der Waals surface area contributed by atoms with Crippen LogP contribution in [0.1, 0.15) is 5.89 Å². The molecule has 1 atom stereocenters. The van der Waals surface area contributed by atoms with Gasteiger partial charge in [0.25, 0.3) is 5.95 Å². The van der Waals surface area contributed by atoms with E-state index in [4.69, 9.17) is 9.26 Å². The van der Waals surface area contributed by atoms with Gasteiger partial charge in [0.05, 0.1) is 19.1 Å². The van der Waals surface area contributed by atoms with Gasteiger partial charge in [-0.2, -0.15) is 4.98 Å². The molecule has 0 amide bonds. The fourth-order valence-electron chi connectivity index (χ4n) is 1.92. The highest BCUT2D eigenvalue weighted by atomic mass is 16.5. The lowest BCUT2D eigenvalue weighted by atomic mass is 10.3. The summed E-state index contributed by atoms with van der Waals surface area (Å²) in [5.74, 6) is 1.07. The molecule has 1 aliphatic rings. The number of hydrogen-bond acceptors (Lipinski definition) is 7. The van der Waals surface area contributed by atoms with Gasteiger partial charge in [0.1, 0.15) is 0 Å². The van der Waals surface area contributed by atoms with Crippen molar-refractivity contribution in [1.82, 2.24) is 15.0 Å². The number of rotatable bonds is 5. The maximum atomic E-state index is 9.58. The Hall–Kier alpha value is -1.18. The molecule has 0 aliphatic carbocycles. The number of methoxy groups -OCH3 is 1. The molecule has 1 fully saturated rings. The minimum atomic E-state index is -0.601. The van der Waals surface area contributed by atoms with Crippen LogP contribution in [0.4, 0.5) is 5.95 Å². The van der Waals surface area contributed by atoms with Crippen molar-refractivity contribution < 1.29 is 14.4 Å². The summed E-state index contributed by atoms with van der Waals surface area (Å²) in [5.41, 5.74) is 0. The van der Waals surface area contributed by atoms with Crippen LogP contribution in [0.3, 0.4) is 0 Å². The molecule has 1 aromatic rings. The summed E-state index contributed by atoms with van der Waals surface area (Å²) >= 11 is 0. The van der Waals surface area contributed by atoms with E-state index < -0.39 is 6.10 Å².